The zero-order valence-electron chi connectivity index (χ0n) is 13.1. The van der Waals surface area contributed by atoms with E-state index in [0.29, 0.717) is 27.9 Å². The highest BCUT2D eigenvalue weighted by molar-refractivity contribution is 6.31. The van der Waals surface area contributed by atoms with Gasteiger partial charge in [-0.1, -0.05) is 11.6 Å². The Morgan fingerprint density at radius 3 is 2.67 bits per heavy atom. The Morgan fingerprint density at radius 1 is 1.25 bits per heavy atom. The number of aromatic nitrogens is 3. The number of rotatable bonds is 3. The molecule has 0 fully saturated rings. The molecule has 0 aliphatic rings. The lowest BCUT2D eigenvalue weighted by molar-refractivity contribution is 0.472. The van der Waals surface area contributed by atoms with Crippen LogP contribution in [0.3, 0.4) is 0 Å². The molecule has 6 nitrogen and oxygen atoms in total. The first-order chi connectivity index (χ1) is 11.5. The number of nitrogens with two attached hydrogens (primary N) is 1. The molecule has 120 valence electrons. The van der Waals surface area contributed by atoms with Crippen LogP contribution in [0.1, 0.15) is 17.0 Å². The van der Waals surface area contributed by atoms with Crippen LogP contribution in [-0.4, -0.2) is 14.8 Å². The Balaban J connectivity index is 1.99. The Morgan fingerprint density at radius 2 is 2.04 bits per heavy atom. The highest BCUT2D eigenvalue weighted by Gasteiger charge is 2.16. The maximum atomic E-state index is 8.97. The molecule has 2 aromatic heterocycles. The van der Waals surface area contributed by atoms with Crippen molar-refractivity contribution in [3.8, 4) is 23.3 Å². The van der Waals surface area contributed by atoms with Crippen molar-refractivity contribution >= 4 is 17.4 Å². The average Bonchev–Trinajstić information content (AvgIpc) is 2.85. The van der Waals surface area contributed by atoms with Crippen LogP contribution in [0.4, 0.5) is 5.82 Å². The van der Waals surface area contributed by atoms with Gasteiger partial charge >= 0.3 is 0 Å². The van der Waals surface area contributed by atoms with Crippen molar-refractivity contribution in [3.63, 3.8) is 0 Å². The van der Waals surface area contributed by atoms with E-state index >= 15 is 0 Å². The Kier molecular flexibility index (Phi) is 4.11. The van der Waals surface area contributed by atoms with Gasteiger partial charge in [0.15, 0.2) is 5.75 Å². The first-order valence-electron chi connectivity index (χ1n) is 7.15. The number of aryl methyl sites for hydroxylation is 1. The molecule has 3 rings (SSSR count). The SMILES string of the molecule is Cc1nn(-c2ccc(C#N)c(Cl)c2)c(C)c1Oc1ccc(N)nc1. The first-order valence-corrected chi connectivity index (χ1v) is 7.53. The van der Waals surface area contributed by atoms with E-state index in [1.165, 1.54) is 0 Å². The highest BCUT2D eigenvalue weighted by atomic mass is 35.5. The van der Waals surface area contributed by atoms with Gasteiger partial charge in [0.1, 0.15) is 23.3 Å². The quantitative estimate of drug-likeness (QED) is 0.784. The molecule has 0 radical (unpaired) electrons. The molecule has 0 bridgehead atoms. The number of anilines is 1. The maximum Gasteiger partial charge on any atom is 0.171 e. The van der Waals surface area contributed by atoms with Gasteiger partial charge in [-0.15, -0.1) is 0 Å². The number of nitriles is 1. The summed E-state index contributed by atoms with van der Waals surface area (Å²) in [5.41, 5.74) is 8.29. The maximum absolute atomic E-state index is 8.97. The molecule has 0 amide bonds. The topological polar surface area (TPSA) is 89.8 Å². The van der Waals surface area contributed by atoms with Crippen LogP contribution in [0, 0.1) is 25.2 Å². The van der Waals surface area contributed by atoms with Gasteiger partial charge in [0.25, 0.3) is 0 Å². The predicted octanol–water partition coefficient (Wildman–Crippen LogP) is 3.78. The van der Waals surface area contributed by atoms with E-state index in [9.17, 15) is 0 Å². The molecule has 2 N–H and O–H groups in total. The lowest BCUT2D eigenvalue weighted by atomic mass is 10.2. The summed E-state index contributed by atoms with van der Waals surface area (Å²) in [7, 11) is 0. The first kappa shape index (κ1) is 15.8. The van der Waals surface area contributed by atoms with Crippen molar-refractivity contribution in [2.75, 3.05) is 5.73 Å². The molecule has 0 atom stereocenters. The molecule has 0 spiro atoms. The van der Waals surface area contributed by atoms with Crippen molar-refractivity contribution in [2.45, 2.75) is 13.8 Å². The lowest BCUT2D eigenvalue weighted by Gasteiger charge is -2.08. The molecule has 2 heterocycles. The van der Waals surface area contributed by atoms with E-state index < -0.39 is 0 Å². The van der Waals surface area contributed by atoms with Gasteiger partial charge < -0.3 is 10.5 Å². The number of nitrogens with zero attached hydrogens (tertiary/aromatic N) is 4. The van der Waals surface area contributed by atoms with E-state index in [4.69, 9.17) is 27.3 Å². The van der Waals surface area contributed by atoms with Gasteiger partial charge in [-0.25, -0.2) is 9.67 Å². The minimum atomic E-state index is 0.382. The Labute approximate surface area is 144 Å². The van der Waals surface area contributed by atoms with E-state index in [2.05, 4.69) is 10.1 Å². The average molecular weight is 340 g/mol. The number of nitrogen functional groups attached to an aromatic ring is 1. The Hall–Kier alpha value is -3.04. The van der Waals surface area contributed by atoms with Crippen LogP contribution in [0.15, 0.2) is 36.5 Å². The number of ether oxygens (including phenoxy) is 1. The minimum absolute atomic E-state index is 0.382. The van der Waals surface area contributed by atoms with E-state index in [1.807, 2.05) is 19.9 Å². The highest BCUT2D eigenvalue weighted by Crippen LogP contribution is 2.30. The van der Waals surface area contributed by atoms with Gasteiger partial charge in [0.05, 0.1) is 28.2 Å². The second kappa shape index (κ2) is 6.22. The van der Waals surface area contributed by atoms with Crippen molar-refractivity contribution in [1.82, 2.24) is 14.8 Å². The number of hydrogen-bond donors (Lipinski definition) is 1. The van der Waals surface area contributed by atoms with E-state index in [0.717, 1.165) is 17.1 Å². The molecular formula is C17H14ClN5O. The molecule has 0 saturated carbocycles. The zero-order valence-corrected chi connectivity index (χ0v) is 13.9. The third kappa shape index (κ3) is 2.90. The summed E-state index contributed by atoms with van der Waals surface area (Å²) in [6, 6.07) is 10.6. The molecule has 1 aromatic carbocycles. The fraction of sp³-hybridized carbons (Fsp3) is 0.118. The van der Waals surface area contributed by atoms with Crippen molar-refractivity contribution < 1.29 is 4.74 Å². The van der Waals surface area contributed by atoms with E-state index in [1.54, 1.807) is 41.2 Å². The number of halogens is 1. The minimum Gasteiger partial charge on any atom is -0.452 e. The van der Waals surface area contributed by atoms with Crippen LogP contribution < -0.4 is 10.5 Å². The molecule has 0 aliphatic carbocycles. The van der Waals surface area contributed by atoms with Crippen LogP contribution in [0.2, 0.25) is 5.02 Å². The summed E-state index contributed by atoms with van der Waals surface area (Å²) in [6.45, 7) is 3.75. The molecular weight excluding hydrogens is 326 g/mol. The zero-order chi connectivity index (χ0) is 17.3. The van der Waals surface area contributed by atoms with Gasteiger partial charge in [-0.3, -0.25) is 0 Å². The lowest BCUT2D eigenvalue weighted by Crippen LogP contribution is -1.99. The van der Waals surface area contributed by atoms with Gasteiger partial charge in [-0.05, 0) is 44.2 Å². The van der Waals surface area contributed by atoms with Gasteiger partial charge in [0.2, 0.25) is 0 Å². The monoisotopic (exact) mass is 339 g/mol. The van der Waals surface area contributed by atoms with Crippen LogP contribution in [0.25, 0.3) is 5.69 Å². The van der Waals surface area contributed by atoms with Crippen LogP contribution in [-0.2, 0) is 0 Å². The number of hydrogen-bond acceptors (Lipinski definition) is 5. The summed E-state index contributed by atoms with van der Waals surface area (Å²) in [4.78, 5) is 4.01. The van der Waals surface area contributed by atoms with Crippen molar-refractivity contribution in [1.29, 1.82) is 5.26 Å². The summed E-state index contributed by atoms with van der Waals surface area (Å²) in [5.74, 6) is 1.65. The fourth-order valence-electron chi connectivity index (χ4n) is 2.32. The summed E-state index contributed by atoms with van der Waals surface area (Å²) in [6.07, 6.45) is 1.56. The number of pyridine rings is 1. The molecule has 0 aliphatic heterocycles. The molecule has 7 heteroatoms. The van der Waals surface area contributed by atoms with Gasteiger partial charge in [-0.2, -0.15) is 10.4 Å². The Bertz CT molecular complexity index is 941. The standard InChI is InChI=1S/C17H14ClN5O/c1-10-17(24-14-5-6-16(20)21-9-14)11(2)23(22-10)13-4-3-12(8-19)15(18)7-13/h3-7,9H,1-2H3,(H2,20,21). The molecule has 0 saturated heterocycles. The van der Waals surface area contributed by atoms with Crippen LogP contribution >= 0.6 is 11.6 Å². The predicted molar refractivity (Wildman–Crippen MR) is 91.5 cm³/mol. The van der Waals surface area contributed by atoms with E-state index in [-0.39, 0.29) is 0 Å². The summed E-state index contributed by atoms with van der Waals surface area (Å²) >= 11 is 6.11. The summed E-state index contributed by atoms with van der Waals surface area (Å²) < 4.78 is 7.61. The normalized spacial score (nSPS) is 10.4. The number of benzene rings is 1. The van der Waals surface area contributed by atoms with Gasteiger partial charge in [0, 0.05) is 0 Å². The molecule has 3 aromatic rings. The van der Waals surface area contributed by atoms with Crippen LogP contribution in [0.5, 0.6) is 11.5 Å². The largest absolute Gasteiger partial charge is 0.452 e. The fourth-order valence-corrected chi connectivity index (χ4v) is 2.54. The second-order valence-electron chi connectivity index (χ2n) is 5.21. The third-order valence-electron chi connectivity index (χ3n) is 3.52. The molecule has 24 heavy (non-hydrogen) atoms. The smallest absolute Gasteiger partial charge is 0.171 e. The second-order valence-corrected chi connectivity index (χ2v) is 5.62. The van der Waals surface area contributed by atoms with Crippen molar-refractivity contribution in [3.05, 3.63) is 58.5 Å². The van der Waals surface area contributed by atoms with Crippen molar-refractivity contribution in [2.24, 2.45) is 0 Å². The summed E-state index contributed by atoms with van der Waals surface area (Å²) in [5, 5.41) is 13.9. The molecule has 0 unspecified atom stereocenters. The third-order valence-corrected chi connectivity index (χ3v) is 3.83.